The molecule has 0 saturated heterocycles. The molecule has 90 valence electrons. The highest BCUT2D eigenvalue weighted by atomic mass is 32.1. The van der Waals surface area contributed by atoms with Gasteiger partial charge in [-0.15, -0.1) is 21.5 Å². The summed E-state index contributed by atoms with van der Waals surface area (Å²) in [5.74, 6) is -0.130. The molecule has 8 heteroatoms. The molecular weight excluding hydrogens is 258 g/mol. The Morgan fingerprint density at radius 3 is 2.82 bits per heavy atom. The third-order valence-corrected chi connectivity index (χ3v) is 3.54. The zero-order valence-corrected chi connectivity index (χ0v) is 11.0. The number of aryl methyl sites for hydroxylation is 1. The average molecular weight is 269 g/mol. The molecule has 0 radical (unpaired) electrons. The average Bonchev–Trinajstić information content (AvgIpc) is 2.88. The third-order valence-electron chi connectivity index (χ3n) is 1.88. The molecule has 0 unspecified atom stereocenters. The number of hydrogen-bond acceptors (Lipinski definition) is 7. The zero-order chi connectivity index (χ0) is 12.3. The van der Waals surface area contributed by atoms with Crippen LogP contribution in [0.5, 0.6) is 0 Å². The van der Waals surface area contributed by atoms with E-state index in [2.05, 4.69) is 25.8 Å². The second-order valence-corrected chi connectivity index (χ2v) is 5.28. The van der Waals surface area contributed by atoms with Crippen LogP contribution in [0.3, 0.4) is 0 Å². The van der Waals surface area contributed by atoms with Crippen LogP contribution in [0.1, 0.15) is 10.7 Å². The molecule has 6 nitrogen and oxygen atoms in total. The summed E-state index contributed by atoms with van der Waals surface area (Å²) in [6.45, 7) is 1.84. The number of anilines is 2. The number of nitrogens with zero attached hydrogens (tertiary/aromatic N) is 3. The van der Waals surface area contributed by atoms with Gasteiger partial charge in [0.1, 0.15) is 5.01 Å². The van der Waals surface area contributed by atoms with Gasteiger partial charge in [-0.1, -0.05) is 11.3 Å². The van der Waals surface area contributed by atoms with Gasteiger partial charge in [0.2, 0.25) is 11.0 Å². The van der Waals surface area contributed by atoms with Crippen LogP contribution in [0.2, 0.25) is 0 Å². The molecule has 17 heavy (non-hydrogen) atoms. The van der Waals surface area contributed by atoms with Crippen molar-refractivity contribution in [2.45, 2.75) is 13.3 Å². The normalized spacial score (nSPS) is 10.2. The number of hydrogen-bond donors (Lipinski definition) is 2. The van der Waals surface area contributed by atoms with E-state index in [1.165, 1.54) is 22.7 Å². The van der Waals surface area contributed by atoms with Crippen LogP contribution in [-0.4, -0.2) is 28.1 Å². The van der Waals surface area contributed by atoms with Gasteiger partial charge in [-0.2, -0.15) is 0 Å². The first-order valence-corrected chi connectivity index (χ1v) is 6.59. The zero-order valence-electron chi connectivity index (χ0n) is 9.35. The van der Waals surface area contributed by atoms with Crippen molar-refractivity contribution < 1.29 is 4.79 Å². The summed E-state index contributed by atoms with van der Waals surface area (Å²) in [5, 5.41) is 17.3. The Bertz CT molecular complexity index is 521. The van der Waals surface area contributed by atoms with Gasteiger partial charge in [0.05, 0.1) is 12.1 Å². The van der Waals surface area contributed by atoms with Crippen molar-refractivity contribution >= 4 is 38.8 Å². The van der Waals surface area contributed by atoms with Gasteiger partial charge < -0.3 is 10.6 Å². The van der Waals surface area contributed by atoms with Crippen molar-refractivity contribution in [2.75, 3.05) is 17.7 Å². The molecule has 2 rings (SSSR count). The second-order valence-electron chi connectivity index (χ2n) is 3.25. The first-order valence-electron chi connectivity index (χ1n) is 4.89. The summed E-state index contributed by atoms with van der Waals surface area (Å²) in [4.78, 5) is 15.9. The molecule has 0 fully saturated rings. The van der Waals surface area contributed by atoms with Crippen molar-refractivity contribution in [3.8, 4) is 0 Å². The molecule has 0 aliphatic heterocycles. The first kappa shape index (κ1) is 11.9. The van der Waals surface area contributed by atoms with Gasteiger partial charge in [-0.25, -0.2) is 4.98 Å². The van der Waals surface area contributed by atoms with Crippen LogP contribution >= 0.6 is 22.7 Å². The number of carbonyl (C=O) groups is 1. The van der Waals surface area contributed by atoms with Crippen LogP contribution in [0.15, 0.2) is 5.38 Å². The van der Waals surface area contributed by atoms with Gasteiger partial charge >= 0.3 is 0 Å². The Balaban J connectivity index is 1.93. The molecule has 0 atom stereocenters. The van der Waals surface area contributed by atoms with E-state index in [0.29, 0.717) is 5.13 Å². The van der Waals surface area contributed by atoms with Crippen molar-refractivity contribution in [1.82, 2.24) is 15.2 Å². The lowest BCUT2D eigenvalue weighted by molar-refractivity contribution is -0.115. The van der Waals surface area contributed by atoms with E-state index in [4.69, 9.17) is 0 Å². The first-order chi connectivity index (χ1) is 8.17. The molecule has 0 spiro atoms. The monoisotopic (exact) mass is 269 g/mol. The molecule has 1 amide bonds. The van der Waals surface area contributed by atoms with Gasteiger partial charge in [0, 0.05) is 12.4 Å². The number of amides is 1. The van der Waals surface area contributed by atoms with Crippen LogP contribution in [-0.2, 0) is 11.2 Å². The summed E-state index contributed by atoms with van der Waals surface area (Å²) >= 11 is 2.83. The highest BCUT2D eigenvalue weighted by molar-refractivity contribution is 7.15. The van der Waals surface area contributed by atoms with E-state index in [1.54, 1.807) is 7.05 Å². The summed E-state index contributed by atoms with van der Waals surface area (Å²) in [6.07, 6.45) is 0.247. The van der Waals surface area contributed by atoms with Gasteiger partial charge in [-0.3, -0.25) is 4.79 Å². The molecule has 2 heterocycles. The van der Waals surface area contributed by atoms with E-state index in [0.717, 1.165) is 15.8 Å². The number of aromatic nitrogens is 3. The molecule has 2 aromatic heterocycles. The Hall–Kier alpha value is -1.54. The van der Waals surface area contributed by atoms with Crippen LogP contribution < -0.4 is 10.6 Å². The molecule has 0 saturated carbocycles. The number of thiazole rings is 1. The molecule has 0 aliphatic rings. The Morgan fingerprint density at radius 2 is 2.24 bits per heavy atom. The summed E-state index contributed by atoms with van der Waals surface area (Å²) in [6, 6.07) is 0. The van der Waals surface area contributed by atoms with Crippen molar-refractivity contribution in [3.63, 3.8) is 0 Å². The highest BCUT2D eigenvalue weighted by Gasteiger charge is 2.09. The van der Waals surface area contributed by atoms with Gasteiger partial charge in [0.25, 0.3) is 0 Å². The summed E-state index contributed by atoms with van der Waals surface area (Å²) in [5.41, 5.74) is 0.748. The van der Waals surface area contributed by atoms with Gasteiger partial charge in [-0.05, 0) is 6.92 Å². The predicted octanol–water partition coefficient (Wildman–Crippen LogP) is 1.53. The fourth-order valence-corrected chi connectivity index (χ4v) is 2.46. The van der Waals surface area contributed by atoms with Crippen molar-refractivity contribution in [3.05, 3.63) is 16.1 Å². The lowest BCUT2D eigenvalue weighted by Gasteiger charge is -1.97. The Labute approximate surface area is 106 Å². The van der Waals surface area contributed by atoms with Gasteiger partial charge in [0.15, 0.2) is 5.13 Å². The quantitative estimate of drug-likeness (QED) is 0.879. The third kappa shape index (κ3) is 3.21. The number of rotatable bonds is 4. The van der Waals surface area contributed by atoms with Crippen LogP contribution in [0, 0.1) is 6.92 Å². The lowest BCUT2D eigenvalue weighted by Crippen LogP contribution is -2.14. The van der Waals surface area contributed by atoms with Crippen molar-refractivity contribution in [2.24, 2.45) is 0 Å². The predicted molar refractivity (Wildman–Crippen MR) is 68.6 cm³/mol. The van der Waals surface area contributed by atoms with Crippen LogP contribution in [0.4, 0.5) is 10.3 Å². The topological polar surface area (TPSA) is 79.8 Å². The maximum absolute atomic E-state index is 11.7. The summed E-state index contributed by atoms with van der Waals surface area (Å²) in [7, 11) is 1.80. The van der Waals surface area contributed by atoms with E-state index >= 15 is 0 Å². The largest absolute Gasteiger partial charge is 0.365 e. The second kappa shape index (κ2) is 5.19. The maximum Gasteiger partial charge on any atom is 0.232 e. The van der Waals surface area contributed by atoms with Crippen molar-refractivity contribution in [1.29, 1.82) is 0 Å². The van der Waals surface area contributed by atoms with E-state index in [9.17, 15) is 4.79 Å². The molecule has 2 aromatic rings. The SMILES string of the molecule is CNc1nc(CC(=O)Nc2nnc(C)s2)cs1. The fourth-order valence-electron chi connectivity index (χ4n) is 1.18. The Kier molecular flexibility index (Phi) is 3.64. The fraction of sp³-hybridized carbons (Fsp3) is 0.333. The molecule has 0 bridgehead atoms. The molecule has 0 aliphatic carbocycles. The van der Waals surface area contributed by atoms with E-state index < -0.39 is 0 Å². The van der Waals surface area contributed by atoms with E-state index in [-0.39, 0.29) is 12.3 Å². The minimum absolute atomic E-state index is 0.130. The number of nitrogens with one attached hydrogen (secondary N) is 2. The minimum Gasteiger partial charge on any atom is -0.365 e. The maximum atomic E-state index is 11.7. The molecule has 2 N–H and O–H groups in total. The lowest BCUT2D eigenvalue weighted by atomic mass is 10.3. The smallest absolute Gasteiger partial charge is 0.232 e. The molecule has 0 aromatic carbocycles. The van der Waals surface area contributed by atoms with E-state index in [1.807, 2.05) is 12.3 Å². The standard InChI is InChI=1S/C9H11N5OS2/c1-5-13-14-9(17-5)12-7(15)3-6-4-16-8(10-2)11-6/h4H,3H2,1-2H3,(H,10,11)(H,12,14,15). The molecular formula is C9H11N5OS2. The highest BCUT2D eigenvalue weighted by Crippen LogP contribution is 2.16. The minimum atomic E-state index is -0.130. The van der Waals surface area contributed by atoms with Crippen LogP contribution in [0.25, 0.3) is 0 Å². The Morgan fingerprint density at radius 1 is 1.41 bits per heavy atom. The number of carbonyl (C=O) groups excluding carboxylic acids is 1. The summed E-state index contributed by atoms with van der Waals surface area (Å²) < 4.78 is 0.